The topological polar surface area (TPSA) is 81.1 Å². The lowest BCUT2D eigenvalue weighted by molar-refractivity contribution is -0.115. The number of anilines is 1. The molecule has 0 aliphatic heterocycles. The van der Waals surface area contributed by atoms with Gasteiger partial charge in [0.25, 0.3) is 0 Å². The summed E-state index contributed by atoms with van der Waals surface area (Å²) in [6, 6.07) is 10.5. The van der Waals surface area contributed by atoms with Crippen LogP contribution >= 0.6 is 0 Å². The van der Waals surface area contributed by atoms with Crippen molar-refractivity contribution in [1.29, 1.82) is 0 Å². The first kappa shape index (κ1) is 19.1. The van der Waals surface area contributed by atoms with E-state index in [2.05, 4.69) is 10.3 Å². The van der Waals surface area contributed by atoms with Crippen molar-refractivity contribution in [3.63, 3.8) is 0 Å². The Morgan fingerprint density at radius 2 is 1.89 bits per heavy atom. The number of carbonyl (C=O) groups excluding carboxylic acids is 1. The van der Waals surface area contributed by atoms with Crippen LogP contribution in [-0.4, -0.2) is 29.6 Å². The van der Waals surface area contributed by atoms with Crippen LogP contribution in [-0.2, 0) is 21.2 Å². The Bertz CT molecular complexity index is 1100. The average molecular weight is 385 g/mol. The summed E-state index contributed by atoms with van der Waals surface area (Å²) in [6.45, 7) is 6.65. The lowest BCUT2D eigenvalue weighted by Gasteiger charge is -2.08. The number of hydrogen-bond acceptors (Lipinski definition) is 4. The number of imidazole rings is 1. The van der Waals surface area contributed by atoms with Gasteiger partial charge in [-0.05, 0) is 62.2 Å². The highest BCUT2D eigenvalue weighted by Crippen LogP contribution is 2.19. The standard InChI is InChI=1S/C20H23N3O3S/c1-4-23-13-21-18-12-16(6-8-19(18)23)22-20(24)9-10-27(25,26)17-7-5-14(2)15(3)11-17/h5-8,11-13H,4,9-10H2,1-3H3,(H,22,24). The summed E-state index contributed by atoms with van der Waals surface area (Å²) in [4.78, 5) is 16.8. The molecule has 0 saturated carbocycles. The first-order valence-corrected chi connectivity index (χ1v) is 10.5. The highest BCUT2D eigenvalue weighted by atomic mass is 32.2. The molecule has 0 unspecified atom stereocenters. The Morgan fingerprint density at radius 1 is 1.11 bits per heavy atom. The smallest absolute Gasteiger partial charge is 0.225 e. The molecular weight excluding hydrogens is 362 g/mol. The lowest BCUT2D eigenvalue weighted by atomic mass is 10.1. The number of benzene rings is 2. The number of sulfone groups is 1. The molecule has 7 heteroatoms. The molecule has 27 heavy (non-hydrogen) atoms. The van der Waals surface area contributed by atoms with Crippen molar-refractivity contribution in [1.82, 2.24) is 9.55 Å². The third-order valence-electron chi connectivity index (χ3n) is 4.68. The Hall–Kier alpha value is -2.67. The summed E-state index contributed by atoms with van der Waals surface area (Å²) in [5.41, 5.74) is 4.34. The zero-order valence-electron chi connectivity index (χ0n) is 15.7. The van der Waals surface area contributed by atoms with E-state index in [4.69, 9.17) is 0 Å². The maximum absolute atomic E-state index is 12.5. The fraction of sp³-hybridized carbons (Fsp3) is 0.300. The molecule has 0 aliphatic rings. The average Bonchev–Trinajstić information content (AvgIpc) is 3.04. The van der Waals surface area contributed by atoms with Gasteiger partial charge in [0.05, 0.1) is 28.0 Å². The van der Waals surface area contributed by atoms with E-state index < -0.39 is 9.84 Å². The summed E-state index contributed by atoms with van der Waals surface area (Å²) in [7, 11) is -3.50. The quantitative estimate of drug-likeness (QED) is 0.704. The lowest BCUT2D eigenvalue weighted by Crippen LogP contribution is -2.17. The Labute approximate surface area is 159 Å². The molecule has 0 spiro atoms. The van der Waals surface area contributed by atoms with E-state index in [1.54, 1.807) is 36.7 Å². The minimum absolute atomic E-state index is 0.101. The molecule has 0 aliphatic carbocycles. The van der Waals surface area contributed by atoms with Gasteiger partial charge in [-0.3, -0.25) is 4.79 Å². The number of aryl methyl sites for hydroxylation is 3. The van der Waals surface area contributed by atoms with Gasteiger partial charge < -0.3 is 9.88 Å². The van der Waals surface area contributed by atoms with Gasteiger partial charge in [0, 0.05) is 18.7 Å². The number of amides is 1. The number of nitrogens with zero attached hydrogens (tertiary/aromatic N) is 2. The molecule has 0 saturated heterocycles. The van der Waals surface area contributed by atoms with Crippen LogP contribution in [0, 0.1) is 13.8 Å². The molecule has 0 fully saturated rings. The third-order valence-corrected chi connectivity index (χ3v) is 6.39. The second-order valence-electron chi connectivity index (χ2n) is 6.60. The SMILES string of the molecule is CCn1cnc2cc(NC(=O)CCS(=O)(=O)c3ccc(C)c(C)c3)ccc21. The van der Waals surface area contributed by atoms with Crippen LogP contribution in [0.2, 0.25) is 0 Å². The van der Waals surface area contributed by atoms with Gasteiger partial charge in [0.1, 0.15) is 0 Å². The summed E-state index contributed by atoms with van der Waals surface area (Å²) < 4.78 is 27.0. The Kier molecular flexibility index (Phi) is 5.32. The first-order valence-electron chi connectivity index (χ1n) is 8.85. The molecule has 1 N–H and O–H groups in total. The minimum Gasteiger partial charge on any atom is -0.331 e. The molecule has 142 valence electrons. The molecule has 3 aromatic rings. The Morgan fingerprint density at radius 3 is 2.59 bits per heavy atom. The van der Waals surface area contributed by atoms with E-state index >= 15 is 0 Å². The number of aromatic nitrogens is 2. The normalized spacial score (nSPS) is 11.7. The highest BCUT2D eigenvalue weighted by Gasteiger charge is 2.17. The van der Waals surface area contributed by atoms with Gasteiger partial charge >= 0.3 is 0 Å². The predicted octanol–water partition coefficient (Wildman–Crippen LogP) is 3.48. The summed E-state index contributed by atoms with van der Waals surface area (Å²) in [5.74, 6) is -0.565. The van der Waals surface area contributed by atoms with E-state index in [9.17, 15) is 13.2 Å². The minimum atomic E-state index is -3.50. The monoisotopic (exact) mass is 385 g/mol. The van der Waals surface area contributed by atoms with Crippen molar-refractivity contribution in [2.45, 2.75) is 38.6 Å². The Balaban J connectivity index is 1.66. The van der Waals surface area contributed by atoms with Crippen molar-refractivity contribution in [2.24, 2.45) is 0 Å². The second-order valence-corrected chi connectivity index (χ2v) is 8.71. The van der Waals surface area contributed by atoms with Gasteiger partial charge in [0.15, 0.2) is 9.84 Å². The van der Waals surface area contributed by atoms with Crippen LogP contribution < -0.4 is 5.32 Å². The first-order chi connectivity index (χ1) is 12.8. The van der Waals surface area contributed by atoms with E-state index in [-0.39, 0.29) is 23.0 Å². The predicted molar refractivity (Wildman–Crippen MR) is 107 cm³/mol. The molecule has 1 amide bonds. The fourth-order valence-corrected chi connectivity index (χ4v) is 4.19. The third kappa shape index (κ3) is 4.19. The van der Waals surface area contributed by atoms with Crippen LogP contribution in [0.25, 0.3) is 11.0 Å². The highest BCUT2D eigenvalue weighted by molar-refractivity contribution is 7.91. The van der Waals surface area contributed by atoms with Crippen molar-refractivity contribution in [2.75, 3.05) is 11.1 Å². The summed E-state index contributed by atoms with van der Waals surface area (Å²) in [6.07, 6.45) is 1.66. The molecule has 0 radical (unpaired) electrons. The van der Waals surface area contributed by atoms with E-state index in [0.29, 0.717) is 5.69 Å². The van der Waals surface area contributed by atoms with E-state index in [1.165, 1.54) is 0 Å². The zero-order valence-corrected chi connectivity index (χ0v) is 16.5. The molecule has 1 heterocycles. The van der Waals surface area contributed by atoms with Crippen LogP contribution in [0.3, 0.4) is 0 Å². The van der Waals surface area contributed by atoms with Crippen molar-refractivity contribution >= 4 is 32.5 Å². The number of fused-ring (bicyclic) bond motifs is 1. The molecule has 0 atom stereocenters. The van der Waals surface area contributed by atoms with Crippen LogP contribution in [0.1, 0.15) is 24.5 Å². The summed E-state index contributed by atoms with van der Waals surface area (Å²) >= 11 is 0. The van der Waals surface area contributed by atoms with Crippen molar-refractivity contribution < 1.29 is 13.2 Å². The zero-order chi connectivity index (χ0) is 19.6. The molecule has 0 bridgehead atoms. The van der Waals surface area contributed by atoms with Gasteiger partial charge in [-0.2, -0.15) is 0 Å². The molecule has 6 nitrogen and oxygen atoms in total. The van der Waals surface area contributed by atoms with Gasteiger partial charge in [-0.1, -0.05) is 6.07 Å². The largest absolute Gasteiger partial charge is 0.331 e. The van der Waals surface area contributed by atoms with Gasteiger partial charge in [-0.15, -0.1) is 0 Å². The molecule has 1 aromatic heterocycles. The van der Waals surface area contributed by atoms with E-state index in [1.807, 2.05) is 31.4 Å². The van der Waals surface area contributed by atoms with Gasteiger partial charge in [0.2, 0.25) is 5.91 Å². The van der Waals surface area contributed by atoms with Crippen LogP contribution in [0.4, 0.5) is 5.69 Å². The van der Waals surface area contributed by atoms with Crippen molar-refractivity contribution in [3.8, 4) is 0 Å². The summed E-state index contributed by atoms with van der Waals surface area (Å²) in [5, 5.41) is 2.75. The maximum Gasteiger partial charge on any atom is 0.225 e. The van der Waals surface area contributed by atoms with E-state index in [0.717, 1.165) is 28.7 Å². The number of carbonyl (C=O) groups is 1. The molecule has 3 rings (SSSR count). The second kappa shape index (κ2) is 7.52. The van der Waals surface area contributed by atoms with Crippen LogP contribution in [0.15, 0.2) is 47.6 Å². The maximum atomic E-state index is 12.5. The molecule has 2 aromatic carbocycles. The van der Waals surface area contributed by atoms with Crippen LogP contribution in [0.5, 0.6) is 0 Å². The fourth-order valence-electron chi connectivity index (χ4n) is 2.87. The number of nitrogens with one attached hydrogen (secondary N) is 1. The molecular formula is C20H23N3O3S. The van der Waals surface area contributed by atoms with Crippen molar-refractivity contribution in [3.05, 3.63) is 53.9 Å². The number of hydrogen-bond donors (Lipinski definition) is 1. The number of rotatable bonds is 6. The van der Waals surface area contributed by atoms with Gasteiger partial charge in [-0.25, -0.2) is 13.4 Å².